The third kappa shape index (κ3) is 1.90. The van der Waals surface area contributed by atoms with Crippen LogP contribution in [0.4, 0.5) is 5.82 Å². The van der Waals surface area contributed by atoms with Crippen LogP contribution in [0.2, 0.25) is 0 Å². The van der Waals surface area contributed by atoms with Crippen molar-refractivity contribution in [2.75, 3.05) is 5.73 Å². The molecular weight excluding hydrogens is 216 g/mol. The molecule has 0 bridgehead atoms. The number of anilines is 1. The summed E-state index contributed by atoms with van der Waals surface area (Å²) in [5, 5.41) is 12.4. The van der Waals surface area contributed by atoms with E-state index in [-0.39, 0.29) is 5.41 Å². The molecule has 2 aromatic rings. The molecule has 0 saturated heterocycles. The SMILES string of the molecule is Cc1nn(C)cc1-n1nnc(N)c1C(C)(C)C. The molecule has 2 rings (SSSR count). The molecule has 0 aliphatic rings. The Morgan fingerprint density at radius 1 is 1.29 bits per heavy atom. The molecule has 2 aromatic heterocycles. The molecule has 0 fully saturated rings. The molecule has 0 aliphatic carbocycles. The van der Waals surface area contributed by atoms with Crippen molar-refractivity contribution in [3.63, 3.8) is 0 Å². The minimum Gasteiger partial charge on any atom is -0.381 e. The van der Waals surface area contributed by atoms with Gasteiger partial charge in [0.25, 0.3) is 0 Å². The summed E-state index contributed by atoms with van der Waals surface area (Å²) in [6.07, 6.45) is 1.92. The Hall–Kier alpha value is -1.85. The Kier molecular flexibility index (Phi) is 2.45. The zero-order valence-corrected chi connectivity index (χ0v) is 10.9. The zero-order valence-electron chi connectivity index (χ0n) is 10.9. The number of aryl methyl sites for hydroxylation is 2. The van der Waals surface area contributed by atoms with Crippen molar-refractivity contribution >= 4 is 5.82 Å². The summed E-state index contributed by atoms with van der Waals surface area (Å²) in [5.74, 6) is 0.473. The number of nitrogen functional groups attached to an aromatic ring is 1. The maximum Gasteiger partial charge on any atom is 0.170 e. The second-order valence-electron chi connectivity index (χ2n) is 5.26. The van der Waals surface area contributed by atoms with Crippen molar-refractivity contribution in [3.05, 3.63) is 17.6 Å². The highest BCUT2D eigenvalue weighted by Gasteiger charge is 2.26. The molecular formula is C11H18N6. The van der Waals surface area contributed by atoms with Crippen LogP contribution < -0.4 is 5.73 Å². The van der Waals surface area contributed by atoms with Gasteiger partial charge in [-0.05, 0) is 6.92 Å². The highest BCUT2D eigenvalue weighted by molar-refractivity contribution is 5.45. The standard InChI is InChI=1S/C11H18N6/c1-7-8(6-16(5)14-7)17-9(11(2,3)4)10(12)13-15-17/h6H,12H2,1-5H3. The van der Waals surface area contributed by atoms with Gasteiger partial charge in [-0.2, -0.15) is 5.10 Å². The van der Waals surface area contributed by atoms with Crippen LogP contribution in [0, 0.1) is 6.92 Å². The van der Waals surface area contributed by atoms with Crippen LogP contribution in [-0.2, 0) is 12.5 Å². The van der Waals surface area contributed by atoms with Crippen LogP contribution in [0.1, 0.15) is 32.2 Å². The van der Waals surface area contributed by atoms with Crippen molar-refractivity contribution in [2.45, 2.75) is 33.1 Å². The van der Waals surface area contributed by atoms with Crippen molar-refractivity contribution in [1.29, 1.82) is 0 Å². The summed E-state index contributed by atoms with van der Waals surface area (Å²) in [6.45, 7) is 8.21. The summed E-state index contributed by atoms with van der Waals surface area (Å²) in [6, 6.07) is 0. The number of nitrogens with two attached hydrogens (primary N) is 1. The minimum atomic E-state index is -0.115. The van der Waals surface area contributed by atoms with E-state index in [0.717, 1.165) is 17.1 Å². The van der Waals surface area contributed by atoms with Gasteiger partial charge in [0.05, 0.1) is 17.6 Å². The molecule has 2 heterocycles. The van der Waals surface area contributed by atoms with E-state index in [1.807, 2.05) is 20.2 Å². The number of nitrogens with zero attached hydrogens (tertiary/aromatic N) is 5. The second kappa shape index (κ2) is 3.58. The molecule has 6 heteroatoms. The molecule has 0 unspecified atom stereocenters. The molecule has 0 spiro atoms. The average molecular weight is 234 g/mol. The van der Waals surface area contributed by atoms with Gasteiger partial charge in [0, 0.05) is 12.5 Å². The quantitative estimate of drug-likeness (QED) is 0.804. The van der Waals surface area contributed by atoms with Crippen LogP contribution in [-0.4, -0.2) is 24.8 Å². The molecule has 2 N–H and O–H groups in total. The van der Waals surface area contributed by atoms with Gasteiger partial charge in [-0.25, -0.2) is 4.68 Å². The fourth-order valence-corrected chi connectivity index (χ4v) is 1.96. The molecule has 92 valence electrons. The predicted molar refractivity (Wildman–Crippen MR) is 66.0 cm³/mol. The first-order valence-corrected chi connectivity index (χ1v) is 5.53. The van der Waals surface area contributed by atoms with Crippen LogP contribution >= 0.6 is 0 Å². The van der Waals surface area contributed by atoms with E-state index in [9.17, 15) is 0 Å². The first-order valence-electron chi connectivity index (χ1n) is 5.53. The lowest BCUT2D eigenvalue weighted by Gasteiger charge is -2.19. The summed E-state index contributed by atoms with van der Waals surface area (Å²) in [7, 11) is 1.88. The van der Waals surface area contributed by atoms with Crippen molar-refractivity contribution in [2.24, 2.45) is 7.05 Å². The van der Waals surface area contributed by atoms with Crippen LogP contribution in [0.25, 0.3) is 5.69 Å². The van der Waals surface area contributed by atoms with E-state index in [0.29, 0.717) is 5.82 Å². The normalized spacial score (nSPS) is 12.1. The van der Waals surface area contributed by atoms with Gasteiger partial charge < -0.3 is 5.73 Å². The fraction of sp³-hybridized carbons (Fsp3) is 0.545. The first-order chi connectivity index (χ1) is 7.80. The smallest absolute Gasteiger partial charge is 0.170 e. The number of hydrogen-bond acceptors (Lipinski definition) is 4. The second-order valence-corrected chi connectivity index (χ2v) is 5.26. The predicted octanol–water partition coefficient (Wildman–Crippen LogP) is 1.19. The summed E-state index contributed by atoms with van der Waals surface area (Å²) < 4.78 is 3.53. The van der Waals surface area contributed by atoms with Gasteiger partial charge in [0.2, 0.25) is 0 Å². The Morgan fingerprint density at radius 3 is 2.41 bits per heavy atom. The lowest BCUT2D eigenvalue weighted by molar-refractivity contribution is 0.543. The van der Waals surface area contributed by atoms with E-state index in [4.69, 9.17) is 5.73 Å². The molecule has 0 radical (unpaired) electrons. The van der Waals surface area contributed by atoms with Crippen LogP contribution in [0.5, 0.6) is 0 Å². The summed E-state index contributed by atoms with van der Waals surface area (Å²) in [5.41, 5.74) is 8.52. The highest BCUT2D eigenvalue weighted by Crippen LogP contribution is 2.28. The van der Waals surface area contributed by atoms with E-state index in [1.54, 1.807) is 9.36 Å². The average Bonchev–Trinajstić information content (AvgIpc) is 2.68. The van der Waals surface area contributed by atoms with E-state index in [1.165, 1.54) is 0 Å². The zero-order chi connectivity index (χ0) is 12.8. The van der Waals surface area contributed by atoms with Crippen molar-refractivity contribution in [3.8, 4) is 5.69 Å². The van der Waals surface area contributed by atoms with Crippen molar-refractivity contribution < 1.29 is 0 Å². The summed E-state index contributed by atoms with van der Waals surface area (Å²) >= 11 is 0. The minimum absolute atomic E-state index is 0.115. The summed E-state index contributed by atoms with van der Waals surface area (Å²) in [4.78, 5) is 0. The lowest BCUT2D eigenvalue weighted by atomic mass is 9.91. The Bertz CT molecular complexity index is 543. The maximum absolute atomic E-state index is 5.90. The van der Waals surface area contributed by atoms with Gasteiger partial charge in [0.1, 0.15) is 5.69 Å². The molecule has 0 aromatic carbocycles. The van der Waals surface area contributed by atoms with E-state index in [2.05, 4.69) is 36.2 Å². The largest absolute Gasteiger partial charge is 0.381 e. The molecule has 0 aliphatic heterocycles. The molecule has 17 heavy (non-hydrogen) atoms. The van der Waals surface area contributed by atoms with E-state index < -0.39 is 0 Å². The monoisotopic (exact) mass is 234 g/mol. The molecule has 0 saturated carbocycles. The van der Waals surface area contributed by atoms with Gasteiger partial charge in [-0.1, -0.05) is 26.0 Å². The maximum atomic E-state index is 5.90. The number of rotatable bonds is 1. The Morgan fingerprint density at radius 2 is 1.94 bits per heavy atom. The van der Waals surface area contributed by atoms with E-state index >= 15 is 0 Å². The topological polar surface area (TPSA) is 74.5 Å². The first kappa shape index (κ1) is 11.6. The van der Waals surface area contributed by atoms with Crippen LogP contribution in [0.3, 0.4) is 0 Å². The van der Waals surface area contributed by atoms with Gasteiger partial charge in [0.15, 0.2) is 5.82 Å². The number of aromatic nitrogens is 5. The lowest BCUT2D eigenvalue weighted by Crippen LogP contribution is -2.19. The van der Waals surface area contributed by atoms with Crippen molar-refractivity contribution in [1.82, 2.24) is 24.8 Å². The Labute approximate surface area is 100 Å². The van der Waals surface area contributed by atoms with Gasteiger partial charge >= 0.3 is 0 Å². The van der Waals surface area contributed by atoms with Gasteiger partial charge in [-0.3, -0.25) is 4.68 Å². The molecule has 0 atom stereocenters. The third-order valence-electron chi connectivity index (χ3n) is 2.62. The number of hydrogen-bond donors (Lipinski definition) is 1. The molecule has 6 nitrogen and oxygen atoms in total. The van der Waals surface area contributed by atoms with Crippen LogP contribution in [0.15, 0.2) is 6.20 Å². The Balaban J connectivity index is 2.65. The van der Waals surface area contributed by atoms with Gasteiger partial charge in [-0.15, -0.1) is 5.10 Å². The highest BCUT2D eigenvalue weighted by atomic mass is 15.5. The third-order valence-corrected chi connectivity index (χ3v) is 2.62. The fourth-order valence-electron chi connectivity index (χ4n) is 1.96. The molecule has 0 amide bonds.